The van der Waals surface area contributed by atoms with Gasteiger partial charge in [-0.3, -0.25) is 4.68 Å². The molecule has 0 amide bonds. The lowest BCUT2D eigenvalue weighted by Gasteiger charge is -2.01. The zero-order valence-corrected chi connectivity index (χ0v) is 11.0. The van der Waals surface area contributed by atoms with Crippen LogP contribution >= 0.6 is 12.2 Å². The van der Waals surface area contributed by atoms with Gasteiger partial charge >= 0.3 is 5.97 Å². The highest BCUT2D eigenvalue weighted by Gasteiger charge is 2.18. The third-order valence-corrected chi connectivity index (χ3v) is 2.92. The molecule has 2 rings (SSSR count). The highest BCUT2D eigenvalue weighted by molar-refractivity contribution is 7.71. The Morgan fingerprint density at radius 1 is 1.56 bits per heavy atom. The first-order valence-electron chi connectivity index (χ1n) is 5.56. The van der Waals surface area contributed by atoms with Crippen molar-refractivity contribution in [2.75, 3.05) is 0 Å². The SMILES string of the molecule is CCn1[nH]c(C)c(C(=O)Oc2ccccn2)c1=S. The summed E-state index contributed by atoms with van der Waals surface area (Å²) in [5, 5.41) is 3.02. The van der Waals surface area contributed by atoms with Crippen molar-refractivity contribution in [3.8, 4) is 5.88 Å². The summed E-state index contributed by atoms with van der Waals surface area (Å²) < 4.78 is 7.35. The minimum atomic E-state index is -0.486. The number of ether oxygens (including phenoxy) is 1. The second kappa shape index (κ2) is 5.14. The Balaban J connectivity index is 2.30. The van der Waals surface area contributed by atoms with Gasteiger partial charge in [-0.1, -0.05) is 18.3 Å². The molecule has 0 atom stereocenters. The molecule has 0 bridgehead atoms. The minimum Gasteiger partial charge on any atom is -0.404 e. The van der Waals surface area contributed by atoms with Gasteiger partial charge in [-0.05, 0) is 19.9 Å². The third kappa shape index (κ3) is 2.33. The van der Waals surface area contributed by atoms with Gasteiger partial charge in [-0.15, -0.1) is 0 Å². The maximum Gasteiger partial charge on any atom is 0.349 e. The number of nitrogens with zero attached hydrogens (tertiary/aromatic N) is 2. The molecule has 0 unspecified atom stereocenters. The molecular formula is C12H13N3O2S. The highest BCUT2D eigenvalue weighted by Crippen LogP contribution is 2.13. The highest BCUT2D eigenvalue weighted by atomic mass is 32.1. The van der Waals surface area contributed by atoms with Crippen LogP contribution in [0.4, 0.5) is 0 Å². The Hall–Kier alpha value is -1.95. The van der Waals surface area contributed by atoms with Crippen molar-refractivity contribution >= 4 is 18.2 Å². The Kier molecular flexibility index (Phi) is 3.57. The van der Waals surface area contributed by atoms with Crippen LogP contribution in [0.2, 0.25) is 0 Å². The van der Waals surface area contributed by atoms with Crippen molar-refractivity contribution in [2.24, 2.45) is 0 Å². The lowest BCUT2D eigenvalue weighted by atomic mass is 10.3. The van der Waals surface area contributed by atoms with E-state index >= 15 is 0 Å². The standard InChI is InChI=1S/C12H13N3O2S/c1-3-15-11(18)10(8(2)14-15)12(16)17-9-6-4-5-7-13-9/h4-7,14H,3H2,1-2H3. The molecule has 0 saturated heterocycles. The molecular weight excluding hydrogens is 250 g/mol. The predicted octanol–water partition coefficient (Wildman–Crippen LogP) is 2.49. The number of rotatable bonds is 3. The zero-order chi connectivity index (χ0) is 13.1. The Morgan fingerprint density at radius 2 is 2.33 bits per heavy atom. The predicted molar refractivity (Wildman–Crippen MR) is 69.2 cm³/mol. The largest absolute Gasteiger partial charge is 0.404 e. The van der Waals surface area contributed by atoms with Gasteiger partial charge in [0.25, 0.3) is 0 Å². The zero-order valence-electron chi connectivity index (χ0n) is 10.1. The molecule has 0 fully saturated rings. The molecule has 0 aliphatic heterocycles. The number of aromatic nitrogens is 3. The molecule has 18 heavy (non-hydrogen) atoms. The maximum atomic E-state index is 12.0. The number of aryl methyl sites for hydroxylation is 2. The van der Waals surface area contributed by atoms with Gasteiger partial charge in [0.2, 0.25) is 5.88 Å². The maximum absolute atomic E-state index is 12.0. The first-order valence-corrected chi connectivity index (χ1v) is 5.97. The molecule has 2 heterocycles. The summed E-state index contributed by atoms with van der Waals surface area (Å²) in [4.78, 5) is 16.0. The van der Waals surface area contributed by atoms with Crippen molar-refractivity contribution in [3.05, 3.63) is 40.3 Å². The van der Waals surface area contributed by atoms with E-state index in [4.69, 9.17) is 17.0 Å². The van der Waals surface area contributed by atoms with Gasteiger partial charge < -0.3 is 9.84 Å². The third-order valence-electron chi connectivity index (χ3n) is 2.49. The van der Waals surface area contributed by atoms with E-state index in [9.17, 15) is 4.79 Å². The first kappa shape index (κ1) is 12.5. The van der Waals surface area contributed by atoms with Crippen LogP contribution in [-0.2, 0) is 6.54 Å². The second-order valence-electron chi connectivity index (χ2n) is 3.72. The fourth-order valence-electron chi connectivity index (χ4n) is 1.62. The molecule has 5 nitrogen and oxygen atoms in total. The minimum absolute atomic E-state index is 0.264. The van der Waals surface area contributed by atoms with E-state index in [2.05, 4.69) is 10.1 Å². The lowest BCUT2D eigenvalue weighted by molar-refractivity contribution is 0.0726. The molecule has 0 aromatic carbocycles. The summed E-state index contributed by atoms with van der Waals surface area (Å²) in [6.07, 6.45) is 1.56. The van der Waals surface area contributed by atoms with Gasteiger partial charge in [-0.2, -0.15) is 0 Å². The average molecular weight is 263 g/mol. The van der Waals surface area contributed by atoms with Crippen LogP contribution in [0.3, 0.4) is 0 Å². The summed E-state index contributed by atoms with van der Waals surface area (Å²) in [7, 11) is 0. The summed E-state index contributed by atoms with van der Waals surface area (Å²) in [5.74, 6) is -0.222. The summed E-state index contributed by atoms with van der Waals surface area (Å²) in [6.45, 7) is 4.41. The number of hydrogen-bond donors (Lipinski definition) is 1. The summed E-state index contributed by atoms with van der Waals surface area (Å²) in [6, 6.07) is 5.12. The molecule has 2 aromatic rings. The number of aromatic amines is 1. The molecule has 0 spiro atoms. The Labute approximate surface area is 109 Å². The number of pyridine rings is 1. The first-order chi connectivity index (χ1) is 8.63. The number of esters is 1. The molecule has 0 aliphatic rings. The van der Waals surface area contributed by atoms with Crippen molar-refractivity contribution < 1.29 is 9.53 Å². The molecule has 0 aliphatic carbocycles. The Bertz CT molecular complexity index is 616. The number of carbonyl (C=O) groups is 1. The van der Waals surface area contributed by atoms with Crippen molar-refractivity contribution in [2.45, 2.75) is 20.4 Å². The van der Waals surface area contributed by atoms with Crippen molar-refractivity contribution in [1.82, 2.24) is 14.8 Å². The Morgan fingerprint density at radius 3 is 2.89 bits per heavy atom. The van der Waals surface area contributed by atoms with E-state index in [0.717, 1.165) is 0 Å². The van der Waals surface area contributed by atoms with Crippen LogP contribution < -0.4 is 4.74 Å². The van der Waals surface area contributed by atoms with Crippen molar-refractivity contribution in [1.29, 1.82) is 0 Å². The fourth-order valence-corrected chi connectivity index (χ4v) is 2.03. The lowest BCUT2D eigenvalue weighted by Crippen LogP contribution is -2.10. The summed E-state index contributed by atoms with van der Waals surface area (Å²) in [5.41, 5.74) is 1.08. The van der Waals surface area contributed by atoms with Crippen LogP contribution in [0.5, 0.6) is 5.88 Å². The average Bonchev–Trinajstić information content (AvgIpc) is 2.65. The van der Waals surface area contributed by atoms with Crippen LogP contribution in [0.15, 0.2) is 24.4 Å². The van der Waals surface area contributed by atoms with E-state index in [1.807, 2.05) is 6.92 Å². The molecule has 6 heteroatoms. The van der Waals surface area contributed by atoms with Crippen LogP contribution in [-0.4, -0.2) is 20.7 Å². The number of nitrogens with one attached hydrogen (secondary N) is 1. The van der Waals surface area contributed by atoms with Crippen LogP contribution in [0.1, 0.15) is 23.0 Å². The van der Waals surface area contributed by atoms with E-state index in [1.165, 1.54) is 0 Å². The molecule has 0 radical (unpaired) electrons. The molecule has 94 valence electrons. The smallest absolute Gasteiger partial charge is 0.349 e. The topological polar surface area (TPSA) is 59.9 Å². The van der Waals surface area contributed by atoms with E-state index in [0.29, 0.717) is 22.4 Å². The second-order valence-corrected chi connectivity index (χ2v) is 4.11. The van der Waals surface area contributed by atoms with Gasteiger partial charge in [0.1, 0.15) is 10.2 Å². The number of H-pyrrole nitrogens is 1. The summed E-state index contributed by atoms with van der Waals surface area (Å²) >= 11 is 5.21. The number of hydrogen-bond acceptors (Lipinski definition) is 4. The normalized spacial score (nSPS) is 10.3. The quantitative estimate of drug-likeness (QED) is 0.682. The van der Waals surface area contributed by atoms with Crippen molar-refractivity contribution in [3.63, 3.8) is 0 Å². The van der Waals surface area contributed by atoms with Gasteiger partial charge in [-0.25, -0.2) is 9.78 Å². The van der Waals surface area contributed by atoms with Crippen LogP contribution in [0.25, 0.3) is 0 Å². The monoisotopic (exact) mass is 263 g/mol. The van der Waals surface area contributed by atoms with E-state index < -0.39 is 5.97 Å². The molecule has 1 N–H and O–H groups in total. The van der Waals surface area contributed by atoms with E-state index in [1.54, 1.807) is 36.0 Å². The number of carbonyl (C=O) groups excluding carboxylic acids is 1. The van der Waals surface area contributed by atoms with Gasteiger partial charge in [0, 0.05) is 24.5 Å². The molecule has 0 saturated carbocycles. The molecule has 2 aromatic heterocycles. The van der Waals surface area contributed by atoms with Gasteiger partial charge in [0.15, 0.2) is 0 Å². The van der Waals surface area contributed by atoms with Crippen LogP contribution in [0, 0.1) is 11.6 Å². The van der Waals surface area contributed by atoms with E-state index in [-0.39, 0.29) is 5.88 Å². The fraction of sp³-hybridized carbons (Fsp3) is 0.250. The van der Waals surface area contributed by atoms with Gasteiger partial charge in [0.05, 0.1) is 0 Å².